The van der Waals surface area contributed by atoms with Crippen LogP contribution in [0.4, 0.5) is 5.69 Å². The molecule has 26 heavy (non-hydrogen) atoms. The van der Waals surface area contributed by atoms with Gasteiger partial charge in [-0.3, -0.25) is 14.4 Å². The van der Waals surface area contributed by atoms with E-state index < -0.39 is 24.4 Å². The molecule has 1 heterocycles. The van der Waals surface area contributed by atoms with Crippen molar-refractivity contribution in [2.75, 3.05) is 18.5 Å². The molecule has 1 aromatic carbocycles. The van der Waals surface area contributed by atoms with Crippen molar-refractivity contribution >= 4 is 23.5 Å². The molecule has 2 aliphatic rings. The van der Waals surface area contributed by atoms with E-state index in [2.05, 4.69) is 5.32 Å². The van der Waals surface area contributed by atoms with Crippen LogP contribution in [0.2, 0.25) is 0 Å². The molecule has 1 atom stereocenters. The average Bonchev–Trinajstić information content (AvgIpc) is 3.29. The molecule has 3 rings (SSSR count). The maximum Gasteiger partial charge on any atom is 0.311 e. The van der Waals surface area contributed by atoms with E-state index in [0.29, 0.717) is 17.8 Å². The maximum atomic E-state index is 12.2. The van der Waals surface area contributed by atoms with Gasteiger partial charge in [0.2, 0.25) is 5.91 Å². The number of nitrogens with zero attached hydrogens (tertiary/aromatic N) is 2. The zero-order valence-corrected chi connectivity index (χ0v) is 14.4. The van der Waals surface area contributed by atoms with Gasteiger partial charge in [-0.15, -0.1) is 0 Å². The van der Waals surface area contributed by atoms with E-state index in [-0.39, 0.29) is 18.4 Å². The van der Waals surface area contributed by atoms with Crippen LogP contribution >= 0.6 is 0 Å². The lowest BCUT2D eigenvalue weighted by atomic mass is 10.1. The van der Waals surface area contributed by atoms with Gasteiger partial charge >= 0.3 is 5.97 Å². The number of para-hydroxylation sites is 1. The second-order valence-corrected chi connectivity index (χ2v) is 6.70. The summed E-state index contributed by atoms with van der Waals surface area (Å²) in [5, 5.41) is 11.6. The summed E-state index contributed by atoms with van der Waals surface area (Å²) in [7, 11) is 0. The number of carbonyl (C=O) groups is 3. The van der Waals surface area contributed by atoms with Crippen molar-refractivity contribution in [1.29, 1.82) is 5.26 Å². The number of rotatable bonds is 5. The van der Waals surface area contributed by atoms with Crippen LogP contribution < -0.4 is 5.32 Å². The maximum absolute atomic E-state index is 12.2. The quantitative estimate of drug-likeness (QED) is 0.812. The summed E-state index contributed by atoms with van der Waals surface area (Å²) < 4.78 is 5.08. The SMILES string of the molecule is N#Cc1ccccc1NC(=O)COC(=O)[C@@H]1CC(=O)N(C2CCCC2)C1. The highest BCUT2D eigenvalue weighted by atomic mass is 16.5. The summed E-state index contributed by atoms with van der Waals surface area (Å²) in [4.78, 5) is 38.1. The third-order valence-corrected chi connectivity index (χ3v) is 4.92. The first kappa shape index (κ1) is 17.9. The summed E-state index contributed by atoms with van der Waals surface area (Å²) in [6.45, 7) is -0.0616. The predicted octanol–water partition coefficient (Wildman–Crippen LogP) is 1.83. The van der Waals surface area contributed by atoms with E-state index in [9.17, 15) is 14.4 Å². The van der Waals surface area contributed by atoms with Gasteiger partial charge in [-0.25, -0.2) is 0 Å². The van der Waals surface area contributed by atoms with Crippen molar-refractivity contribution in [2.45, 2.75) is 38.1 Å². The molecule has 0 unspecified atom stereocenters. The second kappa shape index (κ2) is 8.00. The van der Waals surface area contributed by atoms with Gasteiger partial charge in [0.15, 0.2) is 6.61 Å². The molecule has 7 heteroatoms. The number of nitriles is 1. The van der Waals surface area contributed by atoms with Crippen molar-refractivity contribution in [3.63, 3.8) is 0 Å². The van der Waals surface area contributed by atoms with Gasteiger partial charge in [-0.1, -0.05) is 25.0 Å². The smallest absolute Gasteiger partial charge is 0.311 e. The normalized spacial score (nSPS) is 20.0. The zero-order valence-electron chi connectivity index (χ0n) is 14.4. The van der Waals surface area contributed by atoms with E-state index >= 15 is 0 Å². The Bertz CT molecular complexity index is 749. The highest BCUT2D eigenvalue weighted by Gasteiger charge is 2.39. The highest BCUT2D eigenvalue weighted by Crippen LogP contribution is 2.29. The van der Waals surface area contributed by atoms with Gasteiger partial charge in [-0.2, -0.15) is 5.26 Å². The number of hydrogen-bond acceptors (Lipinski definition) is 5. The average molecular weight is 355 g/mol. The number of likely N-dealkylation sites (tertiary alicyclic amines) is 1. The van der Waals surface area contributed by atoms with Gasteiger partial charge in [0.05, 0.1) is 17.2 Å². The van der Waals surface area contributed by atoms with Crippen molar-refractivity contribution in [2.24, 2.45) is 5.92 Å². The molecule has 1 saturated carbocycles. The number of hydrogen-bond donors (Lipinski definition) is 1. The minimum absolute atomic E-state index is 0.00810. The topological polar surface area (TPSA) is 99.5 Å². The number of anilines is 1. The summed E-state index contributed by atoms with van der Waals surface area (Å²) in [6.07, 6.45) is 4.37. The van der Waals surface area contributed by atoms with Crippen LogP contribution in [0.25, 0.3) is 0 Å². The molecule has 1 aliphatic heterocycles. The van der Waals surface area contributed by atoms with Crippen LogP contribution in [-0.4, -0.2) is 41.9 Å². The molecular weight excluding hydrogens is 334 g/mol. The number of carbonyl (C=O) groups excluding carboxylic acids is 3. The van der Waals surface area contributed by atoms with E-state index in [1.54, 1.807) is 29.2 Å². The summed E-state index contributed by atoms with van der Waals surface area (Å²) >= 11 is 0. The lowest BCUT2D eigenvalue weighted by molar-refractivity contribution is -0.151. The molecule has 136 valence electrons. The monoisotopic (exact) mass is 355 g/mol. The summed E-state index contributed by atoms with van der Waals surface area (Å²) in [6, 6.07) is 8.81. The molecule has 1 aromatic rings. The second-order valence-electron chi connectivity index (χ2n) is 6.70. The zero-order chi connectivity index (χ0) is 18.5. The Balaban J connectivity index is 1.49. The molecule has 1 N–H and O–H groups in total. The Kier molecular flexibility index (Phi) is 5.52. The molecule has 0 spiro atoms. The third kappa shape index (κ3) is 4.02. The fourth-order valence-corrected chi connectivity index (χ4v) is 3.59. The van der Waals surface area contributed by atoms with Gasteiger partial charge < -0.3 is 15.0 Å². The Hall–Kier alpha value is -2.88. The van der Waals surface area contributed by atoms with Crippen molar-refractivity contribution < 1.29 is 19.1 Å². The number of ether oxygens (including phenoxy) is 1. The van der Waals surface area contributed by atoms with Crippen LogP contribution in [0.3, 0.4) is 0 Å². The fraction of sp³-hybridized carbons (Fsp3) is 0.474. The molecular formula is C19H21N3O4. The fourth-order valence-electron chi connectivity index (χ4n) is 3.59. The van der Waals surface area contributed by atoms with Gasteiger partial charge in [0.25, 0.3) is 5.91 Å². The first-order chi connectivity index (χ1) is 12.6. The molecule has 7 nitrogen and oxygen atoms in total. The minimum Gasteiger partial charge on any atom is -0.455 e. The van der Waals surface area contributed by atoms with Crippen LogP contribution in [0.5, 0.6) is 0 Å². The number of amides is 2. The molecule has 0 radical (unpaired) electrons. The van der Waals surface area contributed by atoms with E-state index in [1.807, 2.05) is 6.07 Å². The standard InChI is InChI=1S/C19H21N3O4/c20-10-13-5-1-4-8-16(13)21-17(23)12-26-19(25)14-9-18(24)22(11-14)15-6-2-3-7-15/h1,4-5,8,14-15H,2-3,6-7,9,11-12H2,(H,21,23)/t14-/m1/s1. The number of benzene rings is 1. The predicted molar refractivity (Wildman–Crippen MR) is 92.8 cm³/mol. The molecule has 0 bridgehead atoms. The Morgan fingerprint density at radius 3 is 2.73 bits per heavy atom. The molecule has 2 fully saturated rings. The van der Waals surface area contributed by atoms with E-state index in [4.69, 9.17) is 10.00 Å². The summed E-state index contributed by atoms with van der Waals surface area (Å²) in [5.41, 5.74) is 0.709. The molecule has 1 aliphatic carbocycles. The lowest BCUT2D eigenvalue weighted by Gasteiger charge is -2.23. The molecule has 0 aromatic heterocycles. The van der Waals surface area contributed by atoms with Crippen molar-refractivity contribution in [3.05, 3.63) is 29.8 Å². The summed E-state index contributed by atoms with van der Waals surface area (Å²) in [5.74, 6) is -1.56. The van der Waals surface area contributed by atoms with Crippen LogP contribution in [0, 0.1) is 17.2 Å². The van der Waals surface area contributed by atoms with Crippen LogP contribution in [0.15, 0.2) is 24.3 Å². The van der Waals surface area contributed by atoms with Gasteiger partial charge in [0.1, 0.15) is 6.07 Å². The first-order valence-corrected chi connectivity index (χ1v) is 8.83. The van der Waals surface area contributed by atoms with Crippen molar-refractivity contribution in [3.8, 4) is 6.07 Å². The number of esters is 1. The van der Waals surface area contributed by atoms with E-state index in [0.717, 1.165) is 25.7 Å². The third-order valence-electron chi connectivity index (χ3n) is 4.92. The molecule has 1 saturated heterocycles. The first-order valence-electron chi connectivity index (χ1n) is 8.83. The minimum atomic E-state index is -0.525. The highest BCUT2D eigenvalue weighted by molar-refractivity contribution is 5.94. The van der Waals surface area contributed by atoms with Gasteiger partial charge in [0, 0.05) is 19.0 Å². The molecule has 2 amide bonds. The Morgan fingerprint density at radius 1 is 1.27 bits per heavy atom. The van der Waals surface area contributed by atoms with Crippen LogP contribution in [-0.2, 0) is 19.1 Å². The Morgan fingerprint density at radius 2 is 2.00 bits per heavy atom. The van der Waals surface area contributed by atoms with Gasteiger partial charge in [-0.05, 0) is 25.0 Å². The number of nitrogens with one attached hydrogen (secondary N) is 1. The Labute approximate surface area is 151 Å². The largest absolute Gasteiger partial charge is 0.455 e. The van der Waals surface area contributed by atoms with E-state index in [1.165, 1.54) is 0 Å². The van der Waals surface area contributed by atoms with Crippen LogP contribution in [0.1, 0.15) is 37.7 Å². The lowest BCUT2D eigenvalue weighted by Crippen LogP contribution is -2.35. The van der Waals surface area contributed by atoms with Crippen molar-refractivity contribution in [1.82, 2.24) is 4.90 Å².